The summed E-state index contributed by atoms with van der Waals surface area (Å²) in [7, 11) is 0. The van der Waals surface area contributed by atoms with Crippen LogP contribution in [-0.4, -0.2) is 34.1 Å². The second-order valence-electron chi connectivity index (χ2n) is 4.03. The van der Waals surface area contributed by atoms with Gasteiger partial charge in [0.2, 0.25) is 5.91 Å². The van der Waals surface area contributed by atoms with Crippen LogP contribution in [0.15, 0.2) is 23.0 Å². The van der Waals surface area contributed by atoms with Crippen LogP contribution in [0.1, 0.15) is 12.0 Å². The van der Waals surface area contributed by atoms with Gasteiger partial charge in [0.05, 0.1) is 17.6 Å². The van der Waals surface area contributed by atoms with E-state index in [1.807, 2.05) is 18.2 Å². The highest BCUT2D eigenvalue weighted by molar-refractivity contribution is 5.76. The van der Waals surface area contributed by atoms with Gasteiger partial charge in [0, 0.05) is 13.0 Å². The molecule has 0 spiro atoms. The molecule has 0 unspecified atom stereocenters. The standard InChI is InChI=1S/C12H15N3O3/c16-6-4-11(17)13-5-3-8-1-2-9-10(7-8)15-12(18)14-9/h1-2,7,16H,3-6H2,(H,13,17)(H2,14,15,18). The van der Waals surface area contributed by atoms with Crippen molar-refractivity contribution in [2.24, 2.45) is 0 Å². The number of aliphatic hydroxyl groups excluding tert-OH is 1. The van der Waals surface area contributed by atoms with Gasteiger partial charge in [0.1, 0.15) is 0 Å². The van der Waals surface area contributed by atoms with E-state index in [1.165, 1.54) is 0 Å². The molecule has 0 radical (unpaired) electrons. The lowest BCUT2D eigenvalue weighted by molar-refractivity contribution is -0.121. The van der Waals surface area contributed by atoms with E-state index in [-0.39, 0.29) is 24.6 Å². The number of aromatic nitrogens is 2. The molecule has 96 valence electrons. The molecule has 1 aromatic heterocycles. The number of amides is 1. The third-order valence-electron chi connectivity index (χ3n) is 2.66. The van der Waals surface area contributed by atoms with Gasteiger partial charge < -0.3 is 20.4 Å². The molecule has 0 bridgehead atoms. The van der Waals surface area contributed by atoms with Crippen molar-refractivity contribution < 1.29 is 9.90 Å². The van der Waals surface area contributed by atoms with E-state index < -0.39 is 0 Å². The molecule has 0 aliphatic carbocycles. The Bertz CT molecular complexity index is 600. The van der Waals surface area contributed by atoms with Crippen LogP contribution >= 0.6 is 0 Å². The van der Waals surface area contributed by atoms with E-state index in [0.717, 1.165) is 16.6 Å². The van der Waals surface area contributed by atoms with E-state index in [2.05, 4.69) is 15.3 Å². The fourth-order valence-electron chi connectivity index (χ4n) is 1.77. The van der Waals surface area contributed by atoms with Crippen LogP contribution in [0.2, 0.25) is 0 Å². The highest BCUT2D eigenvalue weighted by Gasteiger charge is 2.02. The first-order valence-electron chi connectivity index (χ1n) is 5.77. The van der Waals surface area contributed by atoms with Crippen molar-refractivity contribution in [2.75, 3.05) is 13.2 Å². The highest BCUT2D eigenvalue weighted by atomic mass is 16.3. The van der Waals surface area contributed by atoms with E-state index >= 15 is 0 Å². The SMILES string of the molecule is O=C(CCO)NCCc1ccc2[nH]c(=O)[nH]c2c1. The smallest absolute Gasteiger partial charge is 0.323 e. The van der Waals surface area contributed by atoms with Crippen LogP contribution in [0, 0.1) is 0 Å². The Labute approximate surface area is 103 Å². The number of benzene rings is 1. The van der Waals surface area contributed by atoms with E-state index in [9.17, 15) is 9.59 Å². The van der Waals surface area contributed by atoms with E-state index in [1.54, 1.807) is 0 Å². The lowest BCUT2D eigenvalue weighted by atomic mass is 10.1. The minimum absolute atomic E-state index is 0.129. The number of nitrogens with one attached hydrogen (secondary N) is 3. The molecule has 6 heteroatoms. The van der Waals surface area contributed by atoms with Gasteiger partial charge in [-0.25, -0.2) is 4.79 Å². The summed E-state index contributed by atoms with van der Waals surface area (Å²) in [5, 5.41) is 11.3. The number of hydrogen-bond acceptors (Lipinski definition) is 3. The number of imidazole rings is 1. The second-order valence-corrected chi connectivity index (χ2v) is 4.03. The third-order valence-corrected chi connectivity index (χ3v) is 2.66. The molecule has 0 saturated heterocycles. The number of aliphatic hydroxyl groups is 1. The summed E-state index contributed by atoms with van der Waals surface area (Å²) in [5.41, 5.74) is 2.34. The fraction of sp³-hybridized carbons (Fsp3) is 0.333. The average molecular weight is 249 g/mol. The first kappa shape index (κ1) is 12.4. The highest BCUT2D eigenvalue weighted by Crippen LogP contribution is 2.10. The van der Waals surface area contributed by atoms with Gasteiger partial charge >= 0.3 is 5.69 Å². The molecule has 2 rings (SSSR count). The number of carbonyl (C=O) groups is 1. The van der Waals surface area contributed by atoms with Crippen LogP contribution in [0.3, 0.4) is 0 Å². The Kier molecular flexibility index (Phi) is 3.78. The van der Waals surface area contributed by atoms with Gasteiger partial charge in [-0.05, 0) is 24.1 Å². The molecule has 0 aliphatic heterocycles. The first-order valence-corrected chi connectivity index (χ1v) is 5.77. The zero-order chi connectivity index (χ0) is 13.0. The summed E-state index contributed by atoms with van der Waals surface area (Å²) in [6.45, 7) is 0.376. The molecule has 4 N–H and O–H groups in total. The summed E-state index contributed by atoms with van der Waals surface area (Å²) >= 11 is 0. The maximum absolute atomic E-state index is 11.1. The van der Waals surface area contributed by atoms with Gasteiger partial charge in [-0.1, -0.05) is 6.07 Å². The maximum Gasteiger partial charge on any atom is 0.323 e. The normalized spacial score (nSPS) is 10.7. The van der Waals surface area contributed by atoms with Crippen molar-refractivity contribution in [3.8, 4) is 0 Å². The summed E-state index contributed by atoms with van der Waals surface area (Å²) < 4.78 is 0. The molecular formula is C12H15N3O3. The minimum atomic E-state index is -0.224. The molecule has 1 aromatic carbocycles. The van der Waals surface area contributed by atoms with Crippen LogP contribution in [0.4, 0.5) is 0 Å². The first-order chi connectivity index (χ1) is 8.69. The van der Waals surface area contributed by atoms with Crippen molar-refractivity contribution in [3.05, 3.63) is 34.2 Å². The van der Waals surface area contributed by atoms with Crippen LogP contribution < -0.4 is 11.0 Å². The molecule has 2 aromatic rings. The van der Waals surface area contributed by atoms with Crippen LogP contribution in [0.5, 0.6) is 0 Å². The number of rotatable bonds is 5. The third kappa shape index (κ3) is 2.98. The molecule has 1 heterocycles. The average Bonchev–Trinajstić information content (AvgIpc) is 2.69. The molecule has 0 aliphatic rings. The van der Waals surface area contributed by atoms with Crippen molar-refractivity contribution >= 4 is 16.9 Å². The molecule has 1 amide bonds. The Morgan fingerprint density at radius 3 is 2.83 bits per heavy atom. The maximum atomic E-state index is 11.1. The van der Waals surface area contributed by atoms with Crippen molar-refractivity contribution in [2.45, 2.75) is 12.8 Å². The molecule has 6 nitrogen and oxygen atoms in total. The largest absolute Gasteiger partial charge is 0.396 e. The number of fused-ring (bicyclic) bond motifs is 1. The minimum Gasteiger partial charge on any atom is -0.396 e. The summed E-state index contributed by atoms with van der Waals surface area (Å²) in [5.74, 6) is -0.159. The monoisotopic (exact) mass is 249 g/mol. The second kappa shape index (κ2) is 5.50. The Hall–Kier alpha value is -2.08. The lowest BCUT2D eigenvalue weighted by Crippen LogP contribution is -2.26. The summed E-state index contributed by atoms with van der Waals surface area (Å²) in [6, 6.07) is 5.62. The van der Waals surface area contributed by atoms with Crippen LogP contribution in [-0.2, 0) is 11.2 Å². The zero-order valence-corrected chi connectivity index (χ0v) is 9.82. The Morgan fingerprint density at radius 1 is 1.28 bits per heavy atom. The van der Waals surface area contributed by atoms with E-state index in [4.69, 9.17) is 5.11 Å². The molecule has 0 saturated carbocycles. The van der Waals surface area contributed by atoms with Gasteiger partial charge in [0.15, 0.2) is 0 Å². The van der Waals surface area contributed by atoms with E-state index in [0.29, 0.717) is 13.0 Å². The Morgan fingerprint density at radius 2 is 2.06 bits per heavy atom. The van der Waals surface area contributed by atoms with Gasteiger partial charge in [0.25, 0.3) is 0 Å². The molecule has 18 heavy (non-hydrogen) atoms. The van der Waals surface area contributed by atoms with Crippen molar-refractivity contribution in [3.63, 3.8) is 0 Å². The summed E-state index contributed by atoms with van der Waals surface area (Å²) in [4.78, 5) is 27.6. The molecular weight excluding hydrogens is 234 g/mol. The van der Waals surface area contributed by atoms with Crippen molar-refractivity contribution in [1.82, 2.24) is 15.3 Å². The number of carbonyl (C=O) groups excluding carboxylic acids is 1. The summed E-state index contributed by atoms with van der Waals surface area (Å²) in [6.07, 6.45) is 0.810. The van der Waals surface area contributed by atoms with Crippen LogP contribution in [0.25, 0.3) is 11.0 Å². The number of H-pyrrole nitrogens is 2. The number of aromatic amines is 2. The predicted molar refractivity (Wildman–Crippen MR) is 67.3 cm³/mol. The van der Waals surface area contributed by atoms with Gasteiger partial charge in [-0.3, -0.25) is 4.79 Å². The predicted octanol–water partition coefficient (Wildman–Crippen LogP) is -0.103. The molecule has 0 atom stereocenters. The Balaban J connectivity index is 1.95. The number of hydrogen-bond donors (Lipinski definition) is 4. The van der Waals surface area contributed by atoms with Gasteiger partial charge in [-0.15, -0.1) is 0 Å². The van der Waals surface area contributed by atoms with Gasteiger partial charge in [-0.2, -0.15) is 0 Å². The molecule has 0 fully saturated rings. The fourth-order valence-corrected chi connectivity index (χ4v) is 1.77. The van der Waals surface area contributed by atoms with Crippen molar-refractivity contribution in [1.29, 1.82) is 0 Å². The quantitative estimate of drug-likeness (QED) is 0.595. The topological polar surface area (TPSA) is 98.0 Å². The lowest BCUT2D eigenvalue weighted by Gasteiger charge is -2.04. The zero-order valence-electron chi connectivity index (χ0n) is 9.82.